The number of aryl methyl sites for hydroxylation is 5. The molecule has 0 radical (unpaired) electrons. The summed E-state index contributed by atoms with van der Waals surface area (Å²) in [7, 11) is 3.39. The summed E-state index contributed by atoms with van der Waals surface area (Å²) in [5, 5.41) is 0. The number of unbranched alkanes of at least 4 members (excludes halogenated alkanes) is 2. The molecule has 0 aliphatic heterocycles. The van der Waals surface area contributed by atoms with Gasteiger partial charge in [0.25, 0.3) is 0 Å². The maximum Gasteiger partial charge on any atom is 0.150 e. The summed E-state index contributed by atoms with van der Waals surface area (Å²) < 4.78 is 18.1. The van der Waals surface area contributed by atoms with Crippen molar-refractivity contribution in [1.82, 2.24) is 0 Å². The molecule has 5 aromatic carbocycles. The lowest BCUT2D eigenvalue weighted by Gasteiger charge is -2.31. The first kappa shape index (κ1) is 35.4. The minimum absolute atomic E-state index is 0.642. The number of hydrogen-bond donors (Lipinski definition) is 0. The summed E-state index contributed by atoms with van der Waals surface area (Å²) in [5.41, 5.74) is 12.6. The summed E-state index contributed by atoms with van der Waals surface area (Å²) in [4.78, 5) is 4.59. The van der Waals surface area contributed by atoms with E-state index in [0.29, 0.717) is 18.1 Å². The van der Waals surface area contributed by atoms with Crippen molar-refractivity contribution < 1.29 is 14.2 Å². The Hall–Kier alpha value is -4.90. The van der Waals surface area contributed by atoms with Gasteiger partial charge in [0.2, 0.25) is 0 Å². The molecule has 5 heteroatoms. The van der Waals surface area contributed by atoms with Gasteiger partial charge in [0.15, 0.2) is 0 Å². The van der Waals surface area contributed by atoms with E-state index in [-0.39, 0.29) is 0 Å². The first-order valence-corrected chi connectivity index (χ1v) is 17.6. The van der Waals surface area contributed by atoms with Crippen molar-refractivity contribution in [3.8, 4) is 17.2 Å². The molecule has 0 saturated carbocycles. The van der Waals surface area contributed by atoms with Gasteiger partial charge in [-0.25, -0.2) is 0 Å². The molecule has 0 fully saturated rings. The molecule has 0 unspecified atom stereocenters. The van der Waals surface area contributed by atoms with Crippen molar-refractivity contribution in [1.29, 1.82) is 0 Å². The fourth-order valence-corrected chi connectivity index (χ4v) is 6.38. The highest BCUT2D eigenvalue weighted by atomic mass is 16.5. The van der Waals surface area contributed by atoms with Gasteiger partial charge < -0.3 is 24.0 Å². The quantitative estimate of drug-likeness (QED) is 0.105. The Labute approximate surface area is 294 Å². The van der Waals surface area contributed by atoms with Gasteiger partial charge in [0.05, 0.1) is 26.5 Å². The van der Waals surface area contributed by atoms with Gasteiger partial charge in [-0.2, -0.15) is 0 Å². The third kappa shape index (κ3) is 8.22. The summed E-state index contributed by atoms with van der Waals surface area (Å²) in [6.07, 6.45) is 5.54. The Bertz CT molecular complexity index is 1760. The molecule has 49 heavy (non-hydrogen) atoms. The van der Waals surface area contributed by atoms with Crippen LogP contribution in [0.1, 0.15) is 67.3 Å². The van der Waals surface area contributed by atoms with Crippen LogP contribution in [0.25, 0.3) is 0 Å². The maximum absolute atomic E-state index is 6.09. The lowest BCUT2D eigenvalue weighted by atomic mass is 9.99. The molecule has 0 amide bonds. The zero-order chi connectivity index (χ0) is 34.9. The van der Waals surface area contributed by atoms with Crippen LogP contribution in [0.3, 0.4) is 0 Å². The topological polar surface area (TPSA) is 34.2 Å². The van der Waals surface area contributed by atoms with Crippen molar-refractivity contribution in [3.05, 3.63) is 125 Å². The molecule has 0 heterocycles. The zero-order valence-electron chi connectivity index (χ0n) is 30.6. The van der Waals surface area contributed by atoms with Crippen LogP contribution in [0, 0.1) is 27.7 Å². The number of ether oxygens (including phenoxy) is 3. The van der Waals surface area contributed by atoms with Gasteiger partial charge >= 0.3 is 0 Å². The SMILES string of the molecule is CCCCOc1cc(OC)c(N(c2ccc(C)cc2)c2ccc(N(c3ccc(C)cc3)c3c(C)cc(CCCC)cc3C)cc2)c(OC)c1. The van der Waals surface area contributed by atoms with Gasteiger partial charge in [0.1, 0.15) is 22.9 Å². The van der Waals surface area contributed by atoms with Crippen molar-refractivity contribution >= 4 is 34.1 Å². The number of rotatable bonds is 15. The lowest BCUT2D eigenvalue weighted by Crippen LogP contribution is -2.15. The molecule has 256 valence electrons. The fourth-order valence-electron chi connectivity index (χ4n) is 6.38. The first-order valence-electron chi connectivity index (χ1n) is 17.6. The van der Waals surface area contributed by atoms with Crippen molar-refractivity contribution in [2.45, 2.75) is 73.6 Å². The van der Waals surface area contributed by atoms with Crippen LogP contribution < -0.4 is 24.0 Å². The number of nitrogens with zero attached hydrogens (tertiary/aromatic N) is 2. The van der Waals surface area contributed by atoms with E-state index in [1.165, 1.54) is 46.3 Å². The van der Waals surface area contributed by atoms with Crippen LogP contribution in [0.15, 0.2) is 97.1 Å². The van der Waals surface area contributed by atoms with Crippen LogP contribution in [0.2, 0.25) is 0 Å². The molecule has 0 saturated heterocycles. The predicted octanol–water partition coefficient (Wildman–Crippen LogP) is 12.4. The molecule has 0 spiro atoms. The van der Waals surface area contributed by atoms with E-state index in [1.54, 1.807) is 14.2 Å². The summed E-state index contributed by atoms with van der Waals surface area (Å²) in [6.45, 7) is 13.8. The molecule has 0 aliphatic carbocycles. The van der Waals surface area contributed by atoms with Crippen molar-refractivity contribution in [2.24, 2.45) is 0 Å². The molecule has 0 bridgehead atoms. The highest BCUT2D eigenvalue weighted by Gasteiger charge is 2.24. The van der Waals surface area contributed by atoms with E-state index in [2.05, 4.69) is 136 Å². The Morgan fingerprint density at radius 3 is 1.33 bits per heavy atom. The summed E-state index contributed by atoms with van der Waals surface area (Å²) >= 11 is 0. The van der Waals surface area contributed by atoms with Crippen LogP contribution in [0.4, 0.5) is 34.1 Å². The maximum atomic E-state index is 6.09. The highest BCUT2D eigenvalue weighted by molar-refractivity contribution is 5.87. The minimum Gasteiger partial charge on any atom is -0.494 e. The van der Waals surface area contributed by atoms with Crippen molar-refractivity contribution in [3.63, 3.8) is 0 Å². The summed E-state index contributed by atoms with van der Waals surface area (Å²) in [5.74, 6) is 2.07. The predicted molar refractivity (Wildman–Crippen MR) is 207 cm³/mol. The van der Waals surface area contributed by atoms with E-state index < -0.39 is 0 Å². The van der Waals surface area contributed by atoms with Crippen LogP contribution in [0.5, 0.6) is 17.2 Å². The van der Waals surface area contributed by atoms with Crippen LogP contribution in [-0.2, 0) is 6.42 Å². The standard InChI is InChI=1S/C44H52N2O3/c1-9-11-13-35-27-33(5)43(34(6)28-35)45(36-18-14-31(3)15-19-36)38-22-24-39(25-23-38)46(37-20-16-32(4)17-21-37)44-41(47-7)29-40(30-42(44)48-8)49-26-12-10-2/h14-25,27-30H,9-13,26H2,1-8H3. The molecule has 0 aliphatic rings. The Morgan fingerprint density at radius 1 is 0.510 bits per heavy atom. The largest absolute Gasteiger partial charge is 0.494 e. The molecule has 0 N–H and O–H groups in total. The number of methoxy groups -OCH3 is 2. The van der Waals surface area contributed by atoms with Crippen LogP contribution >= 0.6 is 0 Å². The third-order valence-electron chi connectivity index (χ3n) is 8.99. The molecule has 5 aromatic rings. The minimum atomic E-state index is 0.642. The zero-order valence-corrected chi connectivity index (χ0v) is 30.6. The molecule has 5 rings (SSSR count). The van der Waals surface area contributed by atoms with Crippen LogP contribution in [-0.4, -0.2) is 20.8 Å². The number of hydrogen-bond acceptors (Lipinski definition) is 5. The second-order valence-corrected chi connectivity index (χ2v) is 12.9. The van der Waals surface area contributed by atoms with E-state index in [9.17, 15) is 0 Å². The highest BCUT2D eigenvalue weighted by Crippen LogP contribution is 2.49. The van der Waals surface area contributed by atoms with Gasteiger partial charge in [-0.1, -0.05) is 74.2 Å². The summed E-state index contributed by atoms with van der Waals surface area (Å²) in [6, 6.07) is 34.8. The van der Waals surface area contributed by atoms with E-state index in [4.69, 9.17) is 14.2 Å². The molecular weight excluding hydrogens is 604 g/mol. The van der Waals surface area contributed by atoms with E-state index in [1.807, 2.05) is 12.1 Å². The van der Waals surface area contributed by atoms with E-state index >= 15 is 0 Å². The monoisotopic (exact) mass is 656 g/mol. The first-order chi connectivity index (χ1) is 23.8. The van der Waals surface area contributed by atoms with Gasteiger partial charge in [0, 0.05) is 34.9 Å². The molecule has 0 atom stereocenters. The average Bonchev–Trinajstić information content (AvgIpc) is 3.11. The second kappa shape index (κ2) is 16.5. The Morgan fingerprint density at radius 2 is 0.918 bits per heavy atom. The molecular formula is C44H52N2O3. The van der Waals surface area contributed by atoms with Crippen molar-refractivity contribution in [2.75, 3.05) is 30.6 Å². The molecule has 0 aromatic heterocycles. The fraction of sp³-hybridized carbons (Fsp3) is 0.318. The van der Waals surface area contributed by atoms with Gasteiger partial charge in [-0.05, 0) is 112 Å². The third-order valence-corrected chi connectivity index (χ3v) is 8.99. The average molecular weight is 657 g/mol. The Kier molecular flexibility index (Phi) is 11.9. The van der Waals surface area contributed by atoms with Gasteiger partial charge in [-0.3, -0.25) is 0 Å². The van der Waals surface area contributed by atoms with Gasteiger partial charge in [-0.15, -0.1) is 0 Å². The Balaban J connectivity index is 1.64. The van der Waals surface area contributed by atoms with E-state index in [0.717, 1.165) is 53.4 Å². The molecule has 5 nitrogen and oxygen atoms in total. The number of anilines is 6. The number of benzene rings is 5. The smallest absolute Gasteiger partial charge is 0.150 e. The normalized spacial score (nSPS) is 10.9. The second-order valence-electron chi connectivity index (χ2n) is 12.9. The lowest BCUT2D eigenvalue weighted by molar-refractivity contribution is 0.304.